The molecule has 2 N–H and O–H groups in total. The summed E-state index contributed by atoms with van der Waals surface area (Å²) in [6.07, 6.45) is 14.7. The number of nitrogens with zero attached hydrogens (tertiary/aromatic N) is 1. The fourth-order valence-electron chi connectivity index (χ4n) is 3.46. The van der Waals surface area contributed by atoms with E-state index in [1.54, 1.807) is 0 Å². The summed E-state index contributed by atoms with van der Waals surface area (Å²) >= 11 is 0. The van der Waals surface area contributed by atoms with Crippen LogP contribution in [0.2, 0.25) is 0 Å². The second-order valence-corrected chi connectivity index (χ2v) is 10.7. The molecule has 0 bridgehead atoms. The summed E-state index contributed by atoms with van der Waals surface area (Å²) in [7, 11) is 1.36. The van der Waals surface area contributed by atoms with Crippen molar-refractivity contribution in [1.82, 2.24) is 0 Å². The fraction of sp³-hybridized carbons (Fsp3) is 0.955. The summed E-state index contributed by atoms with van der Waals surface area (Å²) in [5, 5.41) is 8.99. The van der Waals surface area contributed by atoms with Gasteiger partial charge in [-0.05, 0) is 6.42 Å². The molecule has 0 aliphatic heterocycles. The Morgan fingerprint density at radius 2 is 1.30 bits per heavy atom. The van der Waals surface area contributed by atoms with E-state index < -0.39 is 19.9 Å². The number of aliphatic carboxylic acids is 1. The lowest BCUT2D eigenvalue weighted by Crippen LogP contribution is -2.42. The van der Waals surface area contributed by atoms with Gasteiger partial charge in [0.2, 0.25) is 0 Å². The van der Waals surface area contributed by atoms with Gasteiger partial charge in [0.1, 0.15) is 12.6 Å². The highest BCUT2D eigenvalue weighted by atomic mass is 31.2. The van der Waals surface area contributed by atoms with E-state index in [1.165, 1.54) is 64.2 Å². The van der Waals surface area contributed by atoms with Gasteiger partial charge in [-0.2, -0.15) is 0 Å². The monoisotopic (exact) mass is 452 g/mol. The van der Waals surface area contributed by atoms with Gasteiger partial charge < -0.3 is 14.5 Å². The highest BCUT2D eigenvalue weighted by Crippen LogP contribution is 2.45. The Morgan fingerprint density at radius 1 is 0.867 bits per heavy atom. The molecule has 0 aliphatic carbocycles. The van der Waals surface area contributed by atoms with E-state index in [0.717, 1.165) is 12.8 Å². The Morgan fingerprint density at radius 3 is 1.70 bits per heavy atom. The molecule has 2 atom stereocenters. The first-order valence-electron chi connectivity index (χ1n) is 11.7. The fourth-order valence-corrected chi connectivity index (χ4v) is 4.40. The van der Waals surface area contributed by atoms with Crippen LogP contribution >= 0.6 is 7.82 Å². The molecule has 0 radical (unpaired) electrons. The summed E-state index contributed by atoms with van der Waals surface area (Å²) in [6.45, 7) is 2.70. The topological polar surface area (TPSA) is 93.1 Å². The summed E-state index contributed by atoms with van der Waals surface area (Å²) in [4.78, 5) is 20.9. The smallest absolute Gasteiger partial charge is 0.472 e. The maximum absolute atomic E-state index is 12.1. The van der Waals surface area contributed by atoms with Gasteiger partial charge >= 0.3 is 13.8 Å². The highest BCUT2D eigenvalue weighted by molar-refractivity contribution is 7.47. The van der Waals surface area contributed by atoms with Gasteiger partial charge in [-0.15, -0.1) is 0 Å². The molecule has 30 heavy (non-hydrogen) atoms. The molecule has 0 spiro atoms. The number of unbranched alkanes of at least 4 members (excludes halogenated alkanes) is 12. The maximum atomic E-state index is 12.1. The molecule has 0 saturated carbocycles. The van der Waals surface area contributed by atoms with Gasteiger partial charge in [0, 0.05) is 0 Å². The van der Waals surface area contributed by atoms with E-state index in [2.05, 4.69) is 6.92 Å². The molecule has 0 aromatic rings. The van der Waals surface area contributed by atoms with Gasteiger partial charge in [0.05, 0.1) is 34.2 Å². The summed E-state index contributed by atoms with van der Waals surface area (Å²) in [5.74, 6) is -1.06. The lowest BCUT2D eigenvalue weighted by atomic mass is 10.0. The molecule has 180 valence electrons. The average molecular weight is 453 g/mol. The zero-order valence-corrected chi connectivity index (χ0v) is 20.7. The van der Waals surface area contributed by atoms with Crippen LogP contribution in [0.1, 0.15) is 96.8 Å². The first-order valence-corrected chi connectivity index (χ1v) is 13.2. The second kappa shape index (κ2) is 17.1. The molecule has 0 fully saturated rings. The number of hydrogen-bond donors (Lipinski definition) is 2. The largest absolute Gasteiger partial charge is 0.481 e. The van der Waals surface area contributed by atoms with Crippen molar-refractivity contribution in [2.24, 2.45) is 0 Å². The number of rotatable bonds is 21. The van der Waals surface area contributed by atoms with Crippen LogP contribution in [0.4, 0.5) is 0 Å². The van der Waals surface area contributed by atoms with Crippen molar-refractivity contribution >= 4 is 13.8 Å². The molecule has 0 amide bonds. The van der Waals surface area contributed by atoms with Crippen molar-refractivity contribution in [1.29, 1.82) is 0 Å². The predicted molar refractivity (Wildman–Crippen MR) is 121 cm³/mol. The van der Waals surface area contributed by atoms with Crippen LogP contribution in [-0.4, -0.2) is 60.9 Å². The number of likely N-dealkylation sites (N-methyl/N-ethyl adjacent to an activating group) is 1. The highest BCUT2D eigenvalue weighted by Gasteiger charge is 2.31. The lowest BCUT2D eigenvalue weighted by Gasteiger charge is -2.29. The molecular formula is C22H47NO6P+. The van der Waals surface area contributed by atoms with Crippen molar-refractivity contribution in [3.8, 4) is 0 Å². The predicted octanol–water partition coefficient (Wildman–Crippen LogP) is 5.76. The van der Waals surface area contributed by atoms with E-state index in [9.17, 15) is 14.3 Å². The van der Waals surface area contributed by atoms with E-state index in [4.69, 9.17) is 14.2 Å². The van der Waals surface area contributed by atoms with E-state index in [-0.39, 0.29) is 13.0 Å². The molecule has 0 heterocycles. The Kier molecular flexibility index (Phi) is 16.9. The number of carboxylic acids is 1. The third-order valence-corrected chi connectivity index (χ3v) is 6.01. The van der Waals surface area contributed by atoms with Crippen molar-refractivity contribution in [2.75, 3.05) is 34.3 Å². The minimum Gasteiger partial charge on any atom is -0.481 e. The molecule has 0 aromatic heterocycles. The van der Waals surface area contributed by atoms with E-state index >= 15 is 0 Å². The first kappa shape index (κ1) is 29.5. The average Bonchev–Trinajstić information content (AvgIpc) is 2.59. The summed E-state index contributed by atoms with van der Waals surface area (Å²) in [5.41, 5.74) is 0. The molecule has 0 saturated heterocycles. The Hall–Kier alpha value is -0.460. The summed E-state index contributed by atoms with van der Waals surface area (Å²) in [6, 6.07) is 0. The number of carbonyl (C=O) groups is 1. The van der Waals surface area contributed by atoms with Crippen LogP contribution in [0.5, 0.6) is 0 Å². The Bertz CT molecular complexity index is 481. The van der Waals surface area contributed by atoms with Gasteiger partial charge in [0.25, 0.3) is 0 Å². The quantitative estimate of drug-likeness (QED) is 0.131. The van der Waals surface area contributed by atoms with Crippen LogP contribution in [0.3, 0.4) is 0 Å². The molecule has 7 nitrogen and oxygen atoms in total. The first-order chi connectivity index (χ1) is 14.1. The standard InChI is InChI=1S/C22H46NO6P/c1-5-6-7-8-9-10-11-12-13-14-15-16-17-18-28-30(26,27)29-21(19-22(24)25)20-23(2,3)4/h21H,5-20H2,1-4H3,(H-,24,25,26,27)/p+1/t21-/m1/s1. The zero-order chi connectivity index (χ0) is 22.9. The van der Waals surface area contributed by atoms with Gasteiger partial charge in [-0.1, -0.05) is 84.0 Å². The Balaban J connectivity index is 3.77. The molecule has 0 aliphatic rings. The minimum absolute atomic E-state index is 0.149. The van der Waals surface area contributed by atoms with Gasteiger partial charge in [0.15, 0.2) is 0 Å². The number of phosphoric ester groups is 1. The number of hydrogen-bond acceptors (Lipinski definition) is 4. The number of carboxylic acid groups (broad SMARTS) is 1. The molecule has 8 heteroatoms. The number of phosphoric acid groups is 1. The minimum atomic E-state index is -4.25. The second-order valence-electron chi connectivity index (χ2n) is 9.34. The van der Waals surface area contributed by atoms with Crippen molar-refractivity contribution in [3.63, 3.8) is 0 Å². The van der Waals surface area contributed by atoms with E-state index in [0.29, 0.717) is 17.4 Å². The van der Waals surface area contributed by atoms with Crippen LogP contribution < -0.4 is 0 Å². The summed E-state index contributed by atoms with van der Waals surface area (Å²) < 4.78 is 22.7. The zero-order valence-electron chi connectivity index (χ0n) is 19.8. The molecule has 0 aromatic carbocycles. The lowest BCUT2D eigenvalue weighted by molar-refractivity contribution is -0.873. The van der Waals surface area contributed by atoms with E-state index in [1.807, 2.05) is 21.1 Å². The molecule has 0 rings (SSSR count). The van der Waals surface area contributed by atoms with Crippen molar-refractivity contribution in [3.05, 3.63) is 0 Å². The molecular weight excluding hydrogens is 405 g/mol. The van der Waals surface area contributed by atoms with Crippen molar-refractivity contribution in [2.45, 2.75) is 103 Å². The third kappa shape index (κ3) is 20.8. The van der Waals surface area contributed by atoms with Crippen LogP contribution in [-0.2, 0) is 18.4 Å². The normalized spacial score (nSPS) is 15.1. The Labute approximate surface area is 184 Å². The number of quaternary nitrogens is 1. The third-order valence-electron chi connectivity index (χ3n) is 4.94. The van der Waals surface area contributed by atoms with Crippen molar-refractivity contribution < 1.29 is 32.9 Å². The van der Waals surface area contributed by atoms with Crippen LogP contribution in [0.25, 0.3) is 0 Å². The SMILES string of the molecule is CCCCCCCCCCCCCCCOP(=O)(O)O[C@H](CC(=O)O)C[N+](C)(C)C. The molecule has 1 unspecified atom stereocenters. The van der Waals surface area contributed by atoms with Gasteiger partial charge in [-0.25, -0.2) is 4.57 Å². The van der Waals surface area contributed by atoms with Crippen LogP contribution in [0.15, 0.2) is 0 Å². The maximum Gasteiger partial charge on any atom is 0.472 e. The van der Waals surface area contributed by atoms with Crippen LogP contribution in [0, 0.1) is 0 Å². The van der Waals surface area contributed by atoms with Gasteiger partial charge in [-0.3, -0.25) is 13.8 Å².